The van der Waals surface area contributed by atoms with Crippen molar-refractivity contribution in [2.45, 2.75) is 70.8 Å². The Balaban J connectivity index is 2.48. The van der Waals surface area contributed by atoms with Gasteiger partial charge >= 0.3 is 5.97 Å². The first-order valence-corrected chi connectivity index (χ1v) is 9.36. The third kappa shape index (κ3) is 8.82. The zero-order chi connectivity index (χ0) is 18.7. The van der Waals surface area contributed by atoms with Crippen molar-refractivity contribution in [1.29, 1.82) is 0 Å². The SMILES string of the molecule is CCCCC[C@@](C)(O)/C=C/[C@H]1C=CC(=O)[C@H]1C/C=C\CCCC(=O)O. The summed E-state index contributed by atoms with van der Waals surface area (Å²) in [4.78, 5) is 22.5. The van der Waals surface area contributed by atoms with Gasteiger partial charge in [0.15, 0.2) is 5.78 Å². The number of ketones is 1. The zero-order valence-corrected chi connectivity index (χ0v) is 15.5. The first-order valence-electron chi connectivity index (χ1n) is 9.36. The van der Waals surface area contributed by atoms with Gasteiger partial charge in [0.05, 0.1) is 5.60 Å². The number of allylic oxidation sites excluding steroid dienone is 5. The van der Waals surface area contributed by atoms with E-state index in [1.54, 1.807) is 6.08 Å². The van der Waals surface area contributed by atoms with Gasteiger partial charge in [-0.1, -0.05) is 56.6 Å². The molecule has 140 valence electrons. The molecule has 0 heterocycles. The highest BCUT2D eigenvalue weighted by Gasteiger charge is 2.28. The Labute approximate surface area is 151 Å². The Bertz CT molecular complexity index is 514. The lowest BCUT2D eigenvalue weighted by molar-refractivity contribution is -0.137. The second kappa shape index (κ2) is 11.0. The Hall–Kier alpha value is -1.68. The van der Waals surface area contributed by atoms with E-state index in [4.69, 9.17) is 5.11 Å². The van der Waals surface area contributed by atoms with E-state index in [9.17, 15) is 14.7 Å². The lowest BCUT2D eigenvalue weighted by Crippen LogP contribution is -2.21. The Morgan fingerprint density at radius 1 is 1.28 bits per heavy atom. The van der Waals surface area contributed by atoms with E-state index in [1.807, 2.05) is 37.3 Å². The van der Waals surface area contributed by atoms with Crippen LogP contribution in [0.2, 0.25) is 0 Å². The molecule has 0 aliphatic heterocycles. The number of hydrogen-bond acceptors (Lipinski definition) is 3. The summed E-state index contributed by atoms with van der Waals surface area (Å²) in [6.45, 7) is 3.95. The minimum atomic E-state index is -0.828. The molecular weight excluding hydrogens is 316 g/mol. The monoisotopic (exact) mass is 348 g/mol. The van der Waals surface area contributed by atoms with E-state index in [0.29, 0.717) is 19.3 Å². The molecule has 3 atom stereocenters. The third-order valence-electron chi connectivity index (χ3n) is 4.59. The van der Waals surface area contributed by atoms with Crippen LogP contribution >= 0.6 is 0 Å². The van der Waals surface area contributed by atoms with Crippen LogP contribution in [0.1, 0.15) is 65.2 Å². The second-order valence-corrected chi connectivity index (χ2v) is 7.11. The van der Waals surface area contributed by atoms with Crippen LogP contribution in [0.25, 0.3) is 0 Å². The van der Waals surface area contributed by atoms with Crippen molar-refractivity contribution in [3.05, 3.63) is 36.5 Å². The summed E-state index contributed by atoms with van der Waals surface area (Å²) < 4.78 is 0. The van der Waals surface area contributed by atoms with E-state index in [-0.39, 0.29) is 24.0 Å². The first-order chi connectivity index (χ1) is 11.9. The molecule has 0 spiro atoms. The number of aliphatic carboxylic acids is 1. The van der Waals surface area contributed by atoms with E-state index >= 15 is 0 Å². The van der Waals surface area contributed by atoms with Crippen LogP contribution in [-0.4, -0.2) is 27.6 Å². The van der Waals surface area contributed by atoms with Crippen LogP contribution in [0.3, 0.4) is 0 Å². The van der Waals surface area contributed by atoms with Crippen LogP contribution in [0.4, 0.5) is 0 Å². The molecule has 25 heavy (non-hydrogen) atoms. The molecule has 0 saturated carbocycles. The summed E-state index contributed by atoms with van der Waals surface area (Å²) in [6.07, 6.45) is 17.4. The van der Waals surface area contributed by atoms with Crippen LogP contribution in [0.5, 0.6) is 0 Å². The van der Waals surface area contributed by atoms with Crippen molar-refractivity contribution >= 4 is 11.8 Å². The standard InChI is InChI=1S/C21H32O4/c1-3-4-9-15-21(2,25)16-14-17-12-13-19(22)18(17)10-7-5-6-8-11-20(23)24/h5,7,12-14,16-18,25H,3-4,6,8-11,15H2,1-2H3,(H,23,24)/b7-5-,16-14+/t17-,18+,21-/m1/s1. The average molecular weight is 348 g/mol. The van der Waals surface area contributed by atoms with Crippen molar-refractivity contribution in [2.24, 2.45) is 11.8 Å². The quantitative estimate of drug-likeness (QED) is 0.404. The second-order valence-electron chi connectivity index (χ2n) is 7.11. The van der Waals surface area contributed by atoms with E-state index in [0.717, 1.165) is 25.7 Å². The first kappa shape index (κ1) is 21.4. The van der Waals surface area contributed by atoms with Gasteiger partial charge in [-0.3, -0.25) is 9.59 Å². The molecule has 2 N–H and O–H groups in total. The van der Waals surface area contributed by atoms with Crippen molar-refractivity contribution in [2.75, 3.05) is 0 Å². The van der Waals surface area contributed by atoms with Crippen LogP contribution in [0, 0.1) is 11.8 Å². The number of rotatable bonds is 12. The predicted octanol–water partition coefficient (Wildman–Crippen LogP) is 4.45. The highest BCUT2D eigenvalue weighted by molar-refractivity contribution is 5.95. The zero-order valence-electron chi connectivity index (χ0n) is 15.5. The predicted molar refractivity (Wildman–Crippen MR) is 100 cm³/mol. The molecule has 0 bridgehead atoms. The summed E-state index contributed by atoms with van der Waals surface area (Å²) in [5, 5.41) is 19.0. The molecule has 1 aliphatic rings. The molecule has 4 nitrogen and oxygen atoms in total. The molecule has 1 rings (SSSR count). The topological polar surface area (TPSA) is 74.6 Å². The van der Waals surface area contributed by atoms with Crippen molar-refractivity contribution in [3.8, 4) is 0 Å². The molecule has 1 aliphatic carbocycles. The maximum absolute atomic E-state index is 12.0. The fourth-order valence-electron chi connectivity index (χ4n) is 2.99. The molecule has 4 heteroatoms. The van der Waals surface area contributed by atoms with Gasteiger partial charge in [0.25, 0.3) is 0 Å². The van der Waals surface area contributed by atoms with Crippen LogP contribution < -0.4 is 0 Å². The Morgan fingerprint density at radius 2 is 2.04 bits per heavy atom. The summed E-state index contributed by atoms with van der Waals surface area (Å²) in [6, 6.07) is 0. The van der Waals surface area contributed by atoms with Gasteiger partial charge in [0.1, 0.15) is 0 Å². The van der Waals surface area contributed by atoms with E-state index in [1.165, 1.54) is 0 Å². The molecular formula is C21H32O4. The summed E-state index contributed by atoms with van der Waals surface area (Å²) >= 11 is 0. The molecule has 0 aromatic heterocycles. The fraction of sp³-hybridized carbons (Fsp3) is 0.619. The average Bonchev–Trinajstić information content (AvgIpc) is 2.89. The Morgan fingerprint density at radius 3 is 2.72 bits per heavy atom. The maximum Gasteiger partial charge on any atom is 0.303 e. The lowest BCUT2D eigenvalue weighted by atomic mass is 9.88. The molecule has 0 saturated heterocycles. The van der Waals surface area contributed by atoms with Crippen LogP contribution in [0.15, 0.2) is 36.5 Å². The number of hydrogen-bond donors (Lipinski definition) is 2. The van der Waals surface area contributed by atoms with Crippen molar-refractivity contribution in [1.82, 2.24) is 0 Å². The van der Waals surface area contributed by atoms with Gasteiger partial charge in [-0.25, -0.2) is 0 Å². The highest BCUT2D eigenvalue weighted by Crippen LogP contribution is 2.28. The number of unbranched alkanes of at least 4 members (excludes halogenated alkanes) is 3. The number of carboxylic acid groups (broad SMARTS) is 1. The molecule has 0 unspecified atom stereocenters. The number of aliphatic hydroxyl groups is 1. The highest BCUT2D eigenvalue weighted by atomic mass is 16.4. The maximum atomic E-state index is 12.0. The summed E-state index contributed by atoms with van der Waals surface area (Å²) in [5.41, 5.74) is -0.828. The number of carbonyl (C=O) groups is 2. The molecule has 0 amide bonds. The van der Waals surface area contributed by atoms with Gasteiger partial charge in [-0.05, 0) is 38.7 Å². The fourth-order valence-corrected chi connectivity index (χ4v) is 2.99. The minimum absolute atomic E-state index is 0.0221. The largest absolute Gasteiger partial charge is 0.481 e. The Kier molecular flexibility index (Phi) is 9.43. The van der Waals surface area contributed by atoms with Crippen LogP contribution in [-0.2, 0) is 9.59 Å². The van der Waals surface area contributed by atoms with Gasteiger partial charge < -0.3 is 10.2 Å². The third-order valence-corrected chi connectivity index (χ3v) is 4.59. The van der Waals surface area contributed by atoms with Crippen molar-refractivity contribution in [3.63, 3.8) is 0 Å². The molecule has 0 fully saturated rings. The minimum Gasteiger partial charge on any atom is -0.481 e. The lowest BCUT2D eigenvalue weighted by Gasteiger charge is -2.20. The smallest absolute Gasteiger partial charge is 0.303 e. The molecule has 0 aromatic rings. The summed E-state index contributed by atoms with van der Waals surface area (Å²) in [7, 11) is 0. The van der Waals surface area contributed by atoms with E-state index < -0.39 is 11.6 Å². The van der Waals surface area contributed by atoms with Gasteiger partial charge in [-0.15, -0.1) is 0 Å². The van der Waals surface area contributed by atoms with Gasteiger partial charge in [-0.2, -0.15) is 0 Å². The van der Waals surface area contributed by atoms with Gasteiger partial charge in [0.2, 0.25) is 0 Å². The van der Waals surface area contributed by atoms with Crippen molar-refractivity contribution < 1.29 is 19.8 Å². The van der Waals surface area contributed by atoms with E-state index in [2.05, 4.69) is 6.92 Å². The molecule has 0 aromatic carbocycles. The normalized spacial score (nSPS) is 22.9. The molecule has 0 radical (unpaired) electrons. The number of carboxylic acids is 1. The number of carbonyl (C=O) groups excluding carboxylic acids is 1. The summed E-state index contributed by atoms with van der Waals surface area (Å²) in [5.74, 6) is -0.748. The van der Waals surface area contributed by atoms with Gasteiger partial charge in [0, 0.05) is 18.3 Å².